The predicted octanol–water partition coefficient (Wildman–Crippen LogP) is 5.27. The molecule has 0 saturated heterocycles. The molecule has 8 heteroatoms. The standard InChI is InChI=1S/C20H16ClFN2O2.C6H10N2/c1-12-2-4-16-17(15-5-3-13(21)10-18(15)22)11-24(20(25)19(16)23-12)14-6-8-26-9-7-14;1-4-7-8(5-1)6-2-3-6/h2-6,10-11H,7-9H2,1H3;4,6H,1-3,5H2. The van der Waals surface area contributed by atoms with Gasteiger partial charge in [0, 0.05) is 70.8 Å². The van der Waals surface area contributed by atoms with Crippen LogP contribution in [-0.4, -0.2) is 46.6 Å². The number of aromatic nitrogens is 2. The highest BCUT2D eigenvalue weighted by atomic mass is 35.5. The van der Waals surface area contributed by atoms with Crippen molar-refractivity contribution in [1.29, 1.82) is 0 Å². The van der Waals surface area contributed by atoms with Gasteiger partial charge in [-0.3, -0.25) is 14.4 Å². The van der Waals surface area contributed by atoms with Gasteiger partial charge in [0.1, 0.15) is 11.3 Å². The lowest BCUT2D eigenvalue weighted by Gasteiger charge is -2.18. The van der Waals surface area contributed by atoms with Crippen molar-refractivity contribution >= 4 is 34.4 Å². The number of pyridine rings is 2. The fourth-order valence-corrected chi connectivity index (χ4v) is 4.40. The highest BCUT2D eigenvalue weighted by Gasteiger charge is 2.28. The quantitative estimate of drug-likeness (QED) is 0.512. The lowest BCUT2D eigenvalue weighted by atomic mass is 10.0. The molecule has 3 aromatic rings. The molecule has 0 N–H and O–H groups in total. The number of benzene rings is 1. The molecule has 0 amide bonds. The molecular weight excluding hydrogens is 455 g/mol. The van der Waals surface area contributed by atoms with Crippen molar-refractivity contribution in [1.82, 2.24) is 14.6 Å². The van der Waals surface area contributed by atoms with Crippen molar-refractivity contribution in [2.45, 2.75) is 38.6 Å². The number of aryl methyl sites for hydroxylation is 1. The lowest BCUT2D eigenvalue weighted by molar-refractivity contribution is 0.159. The Morgan fingerprint density at radius 3 is 2.71 bits per heavy atom. The van der Waals surface area contributed by atoms with E-state index in [2.05, 4.69) is 15.1 Å². The topological polar surface area (TPSA) is 59.7 Å². The fourth-order valence-electron chi connectivity index (χ4n) is 4.24. The molecule has 2 aromatic heterocycles. The van der Waals surface area contributed by atoms with E-state index in [0.29, 0.717) is 46.7 Å². The van der Waals surface area contributed by atoms with Crippen LogP contribution >= 0.6 is 11.6 Å². The van der Waals surface area contributed by atoms with Crippen LogP contribution in [0.2, 0.25) is 5.02 Å². The van der Waals surface area contributed by atoms with Gasteiger partial charge in [-0.1, -0.05) is 17.7 Å². The smallest absolute Gasteiger partial charge is 0.281 e. The lowest BCUT2D eigenvalue weighted by Crippen LogP contribution is -2.23. The van der Waals surface area contributed by atoms with E-state index >= 15 is 0 Å². The summed E-state index contributed by atoms with van der Waals surface area (Å²) in [5, 5.41) is 7.35. The van der Waals surface area contributed by atoms with Gasteiger partial charge in [0.2, 0.25) is 0 Å². The minimum absolute atomic E-state index is 0.213. The van der Waals surface area contributed by atoms with Crippen LogP contribution in [0.15, 0.2) is 52.5 Å². The Morgan fingerprint density at radius 2 is 2.03 bits per heavy atom. The molecule has 1 fully saturated rings. The first-order valence-electron chi connectivity index (χ1n) is 11.6. The molecule has 6 nitrogen and oxygen atoms in total. The van der Waals surface area contributed by atoms with Crippen LogP contribution in [0.25, 0.3) is 27.7 Å². The largest absolute Gasteiger partial charge is 0.377 e. The van der Waals surface area contributed by atoms with Crippen molar-refractivity contribution in [2.24, 2.45) is 5.10 Å². The first-order valence-corrected chi connectivity index (χ1v) is 11.9. The number of nitrogens with zero attached hydrogens (tertiary/aromatic N) is 4. The van der Waals surface area contributed by atoms with Gasteiger partial charge in [-0.25, -0.2) is 9.37 Å². The summed E-state index contributed by atoms with van der Waals surface area (Å²) in [6.07, 6.45) is 10.1. The second-order valence-corrected chi connectivity index (χ2v) is 9.13. The maximum atomic E-state index is 14.6. The van der Waals surface area contributed by atoms with E-state index in [1.165, 1.54) is 25.5 Å². The molecule has 0 bridgehead atoms. The molecule has 0 atom stereocenters. The molecule has 1 saturated carbocycles. The number of halogens is 2. The van der Waals surface area contributed by atoms with Gasteiger partial charge in [-0.15, -0.1) is 0 Å². The summed E-state index contributed by atoms with van der Waals surface area (Å²) in [7, 11) is 0. The second kappa shape index (κ2) is 9.68. The summed E-state index contributed by atoms with van der Waals surface area (Å²) in [4.78, 5) is 17.4. The Kier molecular flexibility index (Phi) is 6.48. The average molecular weight is 481 g/mol. The summed E-state index contributed by atoms with van der Waals surface area (Å²) in [5.74, 6) is -0.439. The summed E-state index contributed by atoms with van der Waals surface area (Å²) in [5.41, 5.74) is 2.66. The zero-order chi connectivity index (χ0) is 23.7. The number of ether oxygens (including phenoxy) is 1. The Balaban J connectivity index is 0.000000252. The molecular formula is C26H26ClFN4O2. The molecule has 0 radical (unpaired) electrons. The number of fused-ring (bicyclic) bond motifs is 1. The van der Waals surface area contributed by atoms with Crippen molar-refractivity contribution in [2.75, 3.05) is 19.8 Å². The Morgan fingerprint density at radius 1 is 1.18 bits per heavy atom. The fraction of sp³-hybridized carbons (Fsp3) is 0.346. The van der Waals surface area contributed by atoms with Crippen LogP contribution in [0.3, 0.4) is 0 Å². The van der Waals surface area contributed by atoms with Crippen LogP contribution in [0.1, 0.15) is 31.4 Å². The van der Waals surface area contributed by atoms with Crippen molar-refractivity contribution in [3.63, 3.8) is 0 Å². The average Bonchev–Trinajstić information content (AvgIpc) is 3.55. The van der Waals surface area contributed by atoms with Gasteiger partial charge in [-0.2, -0.15) is 5.10 Å². The normalized spacial score (nSPS) is 17.5. The molecule has 0 spiro atoms. The van der Waals surface area contributed by atoms with E-state index in [9.17, 15) is 9.18 Å². The van der Waals surface area contributed by atoms with Gasteiger partial charge in [-0.05, 0) is 50.1 Å². The number of hydrogen-bond donors (Lipinski definition) is 0. The molecule has 6 rings (SSSR count). The van der Waals surface area contributed by atoms with E-state index in [0.717, 1.165) is 23.9 Å². The summed E-state index contributed by atoms with van der Waals surface area (Å²) >= 11 is 5.89. The van der Waals surface area contributed by atoms with E-state index in [4.69, 9.17) is 16.3 Å². The Hall–Kier alpha value is -3.03. The third-order valence-corrected chi connectivity index (χ3v) is 6.40. The van der Waals surface area contributed by atoms with E-state index < -0.39 is 5.82 Å². The van der Waals surface area contributed by atoms with Gasteiger partial charge < -0.3 is 4.74 Å². The van der Waals surface area contributed by atoms with E-state index in [1.54, 1.807) is 22.9 Å². The maximum Gasteiger partial charge on any atom is 0.281 e. The summed E-state index contributed by atoms with van der Waals surface area (Å²) in [6.45, 7) is 3.99. The molecule has 34 heavy (non-hydrogen) atoms. The maximum absolute atomic E-state index is 14.6. The second-order valence-electron chi connectivity index (χ2n) is 8.69. The molecule has 2 aliphatic heterocycles. The molecule has 1 aliphatic carbocycles. The van der Waals surface area contributed by atoms with Crippen LogP contribution in [0.4, 0.5) is 4.39 Å². The molecule has 0 unspecified atom stereocenters. The first-order chi connectivity index (χ1) is 16.5. The van der Waals surface area contributed by atoms with Crippen molar-refractivity contribution < 1.29 is 9.13 Å². The summed E-state index contributed by atoms with van der Waals surface area (Å²) < 4.78 is 21.5. The van der Waals surface area contributed by atoms with E-state index in [-0.39, 0.29) is 5.56 Å². The van der Waals surface area contributed by atoms with Crippen LogP contribution in [0, 0.1) is 12.7 Å². The highest BCUT2D eigenvalue weighted by molar-refractivity contribution is 6.30. The zero-order valence-corrected chi connectivity index (χ0v) is 19.8. The van der Waals surface area contributed by atoms with Crippen LogP contribution in [0.5, 0.6) is 0 Å². The SMILES string of the molecule is C1=NN(C2CC2)CC1.Cc1ccc2c(-c3ccc(Cl)cc3F)cn(C3=CCOCC3)c(=O)c2n1. The number of hydrogen-bond acceptors (Lipinski definition) is 5. The summed E-state index contributed by atoms with van der Waals surface area (Å²) in [6, 6.07) is 8.99. The number of hydrazone groups is 1. The van der Waals surface area contributed by atoms with Crippen molar-refractivity contribution in [3.8, 4) is 11.1 Å². The van der Waals surface area contributed by atoms with E-state index in [1.807, 2.05) is 31.3 Å². The van der Waals surface area contributed by atoms with Gasteiger partial charge in [0.15, 0.2) is 0 Å². The Bertz CT molecular complexity index is 1350. The number of rotatable bonds is 3. The van der Waals surface area contributed by atoms with Gasteiger partial charge in [0.05, 0.1) is 13.2 Å². The van der Waals surface area contributed by atoms with Crippen molar-refractivity contribution in [3.05, 3.63) is 69.5 Å². The molecule has 4 heterocycles. The van der Waals surface area contributed by atoms with Gasteiger partial charge in [0.25, 0.3) is 5.56 Å². The third kappa shape index (κ3) is 4.76. The zero-order valence-electron chi connectivity index (χ0n) is 19.0. The Labute approximate surface area is 202 Å². The first kappa shape index (κ1) is 22.7. The molecule has 176 valence electrons. The highest BCUT2D eigenvalue weighted by Crippen LogP contribution is 2.31. The molecule has 1 aromatic carbocycles. The minimum atomic E-state index is -0.439. The van der Waals surface area contributed by atoms with Crippen LogP contribution < -0.4 is 5.56 Å². The van der Waals surface area contributed by atoms with Crippen LogP contribution in [-0.2, 0) is 4.74 Å². The predicted molar refractivity (Wildman–Crippen MR) is 134 cm³/mol. The third-order valence-electron chi connectivity index (χ3n) is 6.16. The molecule has 3 aliphatic rings. The monoisotopic (exact) mass is 480 g/mol. The van der Waals surface area contributed by atoms with Gasteiger partial charge >= 0.3 is 0 Å². The minimum Gasteiger partial charge on any atom is -0.377 e.